The van der Waals surface area contributed by atoms with E-state index in [9.17, 15) is 29.1 Å². The Morgan fingerprint density at radius 2 is 1.61 bits per heavy atom. The van der Waals surface area contributed by atoms with Gasteiger partial charge in [-0.2, -0.15) is 0 Å². The van der Waals surface area contributed by atoms with Gasteiger partial charge in [0.2, 0.25) is 11.8 Å². The number of amides is 3. The Morgan fingerprint density at radius 1 is 1.05 bits per heavy atom. The molecule has 1 aliphatic carbocycles. The number of rotatable bonds is 7. The summed E-state index contributed by atoms with van der Waals surface area (Å²) in [5, 5.41) is 12.8. The van der Waals surface area contributed by atoms with Crippen molar-refractivity contribution in [1.29, 1.82) is 0 Å². The van der Waals surface area contributed by atoms with Crippen molar-refractivity contribution in [2.24, 2.45) is 16.7 Å². The number of aliphatic carboxylic acids is 1. The fourth-order valence-corrected chi connectivity index (χ4v) is 5.83. The van der Waals surface area contributed by atoms with Crippen molar-refractivity contribution in [2.45, 2.75) is 46.1 Å². The van der Waals surface area contributed by atoms with Crippen LogP contribution in [0.15, 0.2) is 18.2 Å². The van der Waals surface area contributed by atoms with E-state index in [0.29, 0.717) is 12.8 Å². The van der Waals surface area contributed by atoms with Crippen molar-refractivity contribution in [3.63, 3.8) is 0 Å². The zero-order valence-electron chi connectivity index (χ0n) is 21.9. The third-order valence-corrected chi connectivity index (χ3v) is 8.92. The van der Waals surface area contributed by atoms with Gasteiger partial charge in [-0.1, -0.05) is 43.1 Å². The maximum Gasteiger partial charge on any atom is 0.328 e. The van der Waals surface area contributed by atoms with Crippen molar-refractivity contribution in [2.75, 3.05) is 33.3 Å². The summed E-state index contributed by atoms with van der Waals surface area (Å²) in [6.45, 7) is 6.01. The number of halogens is 2. The Bertz CT molecular complexity index is 1110. The van der Waals surface area contributed by atoms with Crippen LogP contribution in [0.5, 0.6) is 0 Å². The predicted octanol–water partition coefficient (Wildman–Crippen LogP) is 2.85. The average Bonchev–Trinajstić information content (AvgIpc) is 3.12. The zero-order valence-corrected chi connectivity index (χ0v) is 23.4. The molecule has 2 fully saturated rings. The van der Waals surface area contributed by atoms with Crippen LogP contribution in [-0.4, -0.2) is 83.9 Å². The smallest absolute Gasteiger partial charge is 0.328 e. The van der Waals surface area contributed by atoms with Gasteiger partial charge in [0.25, 0.3) is 5.91 Å². The molecule has 0 spiro atoms. The quantitative estimate of drug-likeness (QED) is 0.482. The van der Waals surface area contributed by atoms with E-state index in [1.165, 1.54) is 4.90 Å². The van der Waals surface area contributed by atoms with E-state index in [2.05, 4.69) is 5.32 Å². The van der Waals surface area contributed by atoms with Crippen molar-refractivity contribution in [3.05, 3.63) is 33.8 Å². The monoisotopic (exact) mass is 569 g/mol. The second-order valence-corrected chi connectivity index (χ2v) is 11.3. The first-order valence-corrected chi connectivity index (χ1v) is 13.1. The summed E-state index contributed by atoms with van der Waals surface area (Å²) in [6, 6.07) is 3.58. The number of carbonyl (C=O) groups excluding carboxylic acids is 4. The Balaban J connectivity index is 1.63. The van der Waals surface area contributed by atoms with Gasteiger partial charge >= 0.3 is 11.9 Å². The molecule has 2 aliphatic rings. The zero-order chi connectivity index (χ0) is 28.4. The number of nitrogens with one attached hydrogen (secondary N) is 1. The number of nitrogens with zero attached hydrogens (tertiary/aromatic N) is 2. The van der Waals surface area contributed by atoms with Crippen LogP contribution in [-0.2, 0) is 23.9 Å². The lowest BCUT2D eigenvalue weighted by Gasteiger charge is -2.38. The summed E-state index contributed by atoms with van der Waals surface area (Å²) in [6.07, 6.45) is 0.332. The van der Waals surface area contributed by atoms with Crippen LogP contribution in [0, 0.1) is 16.7 Å². The molecular weight excluding hydrogens is 537 g/mol. The highest BCUT2D eigenvalue weighted by Gasteiger charge is 2.58. The molecular formula is C26H33Cl2N3O7. The van der Waals surface area contributed by atoms with Gasteiger partial charge in [-0.15, -0.1) is 0 Å². The van der Waals surface area contributed by atoms with Crippen LogP contribution in [0.2, 0.25) is 10.0 Å². The number of esters is 1. The third-order valence-electron chi connectivity index (χ3n) is 8.29. The molecule has 38 heavy (non-hydrogen) atoms. The van der Waals surface area contributed by atoms with E-state index in [0.717, 1.165) is 7.11 Å². The Hall–Kier alpha value is -2.85. The highest BCUT2D eigenvalue weighted by Crippen LogP contribution is 2.56. The lowest BCUT2D eigenvalue weighted by atomic mass is 9.65. The molecule has 0 radical (unpaired) electrons. The largest absolute Gasteiger partial charge is 0.481 e. The number of hydrogen-bond acceptors (Lipinski definition) is 6. The Morgan fingerprint density at radius 3 is 2.11 bits per heavy atom. The number of hydrogen-bond donors (Lipinski definition) is 2. The van der Waals surface area contributed by atoms with E-state index >= 15 is 0 Å². The third kappa shape index (κ3) is 5.61. The number of carboxylic acids is 1. The summed E-state index contributed by atoms with van der Waals surface area (Å²) in [7, 11) is 1.16. The van der Waals surface area contributed by atoms with Gasteiger partial charge in [-0.25, -0.2) is 4.79 Å². The summed E-state index contributed by atoms with van der Waals surface area (Å²) in [5.41, 5.74) is -1.77. The average molecular weight is 570 g/mol. The van der Waals surface area contributed by atoms with Gasteiger partial charge in [0, 0.05) is 32.1 Å². The molecule has 1 aromatic carbocycles. The van der Waals surface area contributed by atoms with Crippen molar-refractivity contribution in [1.82, 2.24) is 15.1 Å². The van der Waals surface area contributed by atoms with E-state index in [1.54, 1.807) is 43.9 Å². The fourth-order valence-electron chi connectivity index (χ4n) is 5.27. The molecule has 10 nitrogen and oxygen atoms in total. The van der Waals surface area contributed by atoms with Crippen molar-refractivity contribution >= 4 is 52.9 Å². The minimum atomic E-state index is -1.23. The van der Waals surface area contributed by atoms with Gasteiger partial charge in [0.1, 0.15) is 6.04 Å². The first-order valence-electron chi connectivity index (χ1n) is 12.4. The predicted molar refractivity (Wildman–Crippen MR) is 140 cm³/mol. The topological polar surface area (TPSA) is 133 Å². The first kappa shape index (κ1) is 29.7. The van der Waals surface area contributed by atoms with E-state index in [1.807, 2.05) is 0 Å². The minimum Gasteiger partial charge on any atom is -0.481 e. The molecule has 208 valence electrons. The van der Waals surface area contributed by atoms with Crippen LogP contribution >= 0.6 is 23.2 Å². The van der Waals surface area contributed by atoms with E-state index < -0.39 is 40.6 Å². The molecule has 2 N–H and O–H groups in total. The molecule has 1 aliphatic heterocycles. The fraction of sp³-hybridized carbons (Fsp3) is 0.577. The molecule has 0 aromatic heterocycles. The number of methoxy groups -OCH3 is 1. The molecule has 1 aromatic rings. The summed E-state index contributed by atoms with van der Waals surface area (Å²) in [5.74, 6) is -3.62. The Labute approximate surface area is 231 Å². The van der Waals surface area contributed by atoms with Gasteiger partial charge in [0.15, 0.2) is 0 Å². The molecule has 12 heteroatoms. The van der Waals surface area contributed by atoms with Crippen LogP contribution in [0.25, 0.3) is 0 Å². The SMILES string of the molecule is COC(=O)[C@@H](CC(=O)N1CCN(C(=O)c2c(Cl)cccc2Cl)CC1)NC(=O)[C@H]1CC[C@](C)(C(=O)O)C1(C)C. The van der Waals surface area contributed by atoms with Crippen LogP contribution in [0.4, 0.5) is 0 Å². The number of carbonyl (C=O) groups is 5. The van der Waals surface area contributed by atoms with E-state index in [-0.39, 0.29) is 60.0 Å². The van der Waals surface area contributed by atoms with Crippen molar-refractivity contribution < 1.29 is 33.8 Å². The first-order chi connectivity index (χ1) is 17.7. The molecule has 3 amide bonds. The standard InChI is InChI=1S/C26H33Cl2N3O7/c1-25(2)15(8-9-26(25,3)24(36)37)21(33)29-18(23(35)38-4)14-19(32)30-10-12-31(13-11-30)22(34)20-16(27)6-5-7-17(20)28/h5-7,15,18H,8-14H2,1-4H3,(H,29,33)(H,36,37)/t15-,18-,26-/m1/s1. The molecule has 1 saturated carbocycles. The normalized spacial score (nSPS) is 23.5. The summed E-state index contributed by atoms with van der Waals surface area (Å²) >= 11 is 12.3. The van der Waals surface area contributed by atoms with Crippen LogP contribution in [0.1, 0.15) is 50.4 Å². The van der Waals surface area contributed by atoms with Gasteiger partial charge in [-0.05, 0) is 37.3 Å². The number of benzene rings is 1. The summed E-state index contributed by atoms with van der Waals surface area (Å²) in [4.78, 5) is 66.6. The van der Waals surface area contributed by atoms with E-state index in [4.69, 9.17) is 27.9 Å². The Kier molecular flexibility index (Phi) is 8.98. The summed E-state index contributed by atoms with van der Waals surface area (Å²) < 4.78 is 4.82. The number of carboxylic acid groups (broad SMARTS) is 1. The molecule has 3 rings (SSSR count). The second kappa shape index (κ2) is 11.5. The lowest BCUT2D eigenvalue weighted by molar-refractivity contribution is -0.156. The van der Waals surface area contributed by atoms with Crippen LogP contribution < -0.4 is 5.32 Å². The van der Waals surface area contributed by atoms with Gasteiger partial charge < -0.3 is 25.0 Å². The molecule has 0 bridgehead atoms. The maximum atomic E-state index is 13.2. The van der Waals surface area contributed by atoms with Crippen LogP contribution in [0.3, 0.4) is 0 Å². The molecule has 3 atom stereocenters. The van der Waals surface area contributed by atoms with Crippen molar-refractivity contribution in [3.8, 4) is 0 Å². The molecule has 1 heterocycles. The van der Waals surface area contributed by atoms with Gasteiger partial charge in [0.05, 0.1) is 34.6 Å². The second-order valence-electron chi connectivity index (χ2n) is 10.5. The number of ether oxygens (including phenoxy) is 1. The highest BCUT2D eigenvalue weighted by atomic mass is 35.5. The minimum absolute atomic E-state index is 0.206. The molecule has 1 saturated heterocycles. The number of piperazine rings is 1. The molecule has 0 unspecified atom stereocenters. The maximum absolute atomic E-state index is 13.2. The highest BCUT2D eigenvalue weighted by molar-refractivity contribution is 6.39. The lowest BCUT2D eigenvalue weighted by Crippen LogP contribution is -2.53. The van der Waals surface area contributed by atoms with Gasteiger partial charge in [-0.3, -0.25) is 19.2 Å².